The van der Waals surface area contributed by atoms with Crippen LogP contribution < -0.4 is 20.1 Å². The Balaban J connectivity index is 1.81. The van der Waals surface area contributed by atoms with Gasteiger partial charge < -0.3 is 25.2 Å². The van der Waals surface area contributed by atoms with Gasteiger partial charge in [-0.1, -0.05) is 18.2 Å². The molecule has 0 aromatic heterocycles. The summed E-state index contributed by atoms with van der Waals surface area (Å²) in [6.07, 6.45) is 0.786. The van der Waals surface area contributed by atoms with Crippen molar-refractivity contribution in [3.8, 4) is 11.5 Å². The number of thiocarbonyl (C=S) groups is 1. The van der Waals surface area contributed by atoms with Crippen LogP contribution >= 0.6 is 12.2 Å². The van der Waals surface area contributed by atoms with Gasteiger partial charge in [-0.05, 0) is 54.0 Å². The monoisotopic (exact) mass is 374 g/mol. The number of methoxy groups -OCH3 is 2. The number of nitrogens with one attached hydrogen (secondary N) is 2. The topological polar surface area (TPSA) is 79.8 Å². The molecule has 3 N–H and O–H groups in total. The van der Waals surface area contributed by atoms with Gasteiger partial charge in [-0.2, -0.15) is 0 Å². The minimum atomic E-state index is -0.849. The lowest BCUT2D eigenvalue weighted by Gasteiger charge is -2.12. The summed E-state index contributed by atoms with van der Waals surface area (Å²) in [6.45, 7) is 0.665. The molecule has 0 aliphatic carbocycles. The second kappa shape index (κ2) is 9.62. The first-order valence-electron chi connectivity index (χ1n) is 8.08. The van der Waals surface area contributed by atoms with E-state index in [9.17, 15) is 4.79 Å². The molecule has 2 aromatic carbocycles. The molecular weight excluding hydrogens is 352 g/mol. The van der Waals surface area contributed by atoms with Crippen molar-refractivity contribution in [2.45, 2.75) is 12.8 Å². The Morgan fingerprint density at radius 2 is 1.69 bits per heavy atom. The number of aliphatic carboxylic acids is 1. The fourth-order valence-electron chi connectivity index (χ4n) is 2.41. The number of ether oxygens (including phenoxy) is 2. The van der Waals surface area contributed by atoms with Crippen molar-refractivity contribution in [3.63, 3.8) is 0 Å². The third kappa shape index (κ3) is 5.93. The van der Waals surface area contributed by atoms with Gasteiger partial charge in [0.2, 0.25) is 0 Å². The SMILES string of the molecule is COc1ccc(CCNC(=S)Nc2ccc(CC(=O)O)cc2)cc1OC. The first-order valence-corrected chi connectivity index (χ1v) is 8.49. The van der Waals surface area contributed by atoms with Crippen LogP contribution in [-0.4, -0.2) is 37.0 Å². The summed E-state index contributed by atoms with van der Waals surface area (Å²) in [5, 5.41) is 15.5. The highest BCUT2D eigenvalue weighted by Gasteiger charge is 2.05. The lowest BCUT2D eigenvalue weighted by atomic mass is 10.1. The molecule has 2 rings (SSSR count). The van der Waals surface area contributed by atoms with Crippen molar-refractivity contribution < 1.29 is 19.4 Å². The highest BCUT2D eigenvalue weighted by Crippen LogP contribution is 2.27. The Morgan fingerprint density at radius 1 is 1.04 bits per heavy atom. The molecule has 0 bridgehead atoms. The van der Waals surface area contributed by atoms with Crippen molar-refractivity contribution in [1.82, 2.24) is 5.32 Å². The second-order valence-electron chi connectivity index (χ2n) is 5.59. The van der Waals surface area contributed by atoms with Gasteiger partial charge in [0.15, 0.2) is 16.6 Å². The number of carboxylic acid groups (broad SMARTS) is 1. The van der Waals surface area contributed by atoms with Gasteiger partial charge >= 0.3 is 5.97 Å². The van der Waals surface area contributed by atoms with E-state index >= 15 is 0 Å². The Kier molecular flexibility index (Phi) is 7.23. The van der Waals surface area contributed by atoms with Crippen molar-refractivity contribution >= 4 is 29.0 Å². The lowest BCUT2D eigenvalue weighted by molar-refractivity contribution is -0.136. The van der Waals surface area contributed by atoms with Crippen LogP contribution in [0.25, 0.3) is 0 Å². The van der Waals surface area contributed by atoms with Gasteiger partial charge in [0, 0.05) is 12.2 Å². The number of hydrogen-bond donors (Lipinski definition) is 3. The number of anilines is 1. The minimum Gasteiger partial charge on any atom is -0.493 e. The predicted molar refractivity (Wildman–Crippen MR) is 105 cm³/mol. The zero-order valence-electron chi connectivity index (χ0n) is 14.7. The van der Waals surface area contributed by atoms with Crippen molar-refractivity contribution in [2.24, 2.45) is 0 Å². The van der Waals surface area contributed by atoms with Crippen LogP contribution in [0.3, 0.4) is 0 Å². The van der Waals surface area contributed by atoms with Gasteiger partial charge in [-0.15, -0.1) is 0 Å². The Morgan fingerprint density at radius 3 is 2.31 bits per heavy atom. The van der Waals surface area contributed by atoms with Crippen LogP contribution in [-0.2, 0) is 17.6 Å². The van der Waals surface area contributed by atoms with Gasteiger partial charge in [0.25, 0.3) is 0 Å². The summed E-state index contributed by atoms with van der Waals surface area (Å²) in [6, 6.07) is 13.0. The van der Waals surface area contributed by atoms with E-state index in [-0.39, 0.29) is 6.42 Å². The van der Waals surface area contributed by atoms with Crippen LogP contribution in [0.2, 0.25) is 0 Å². The standard InChI is InChI=1S/C19H22N2O4S/c1-24-16-8-5-14(11-17(16)25-2)9-10-20-19(26)21-15-6-3-13(4-7-15)12-18(22)23/h3-8,11H,9-10,12H2,1-2H3,(H,22,23)(H2,20,21,26). The third-order valence-corrected chi connectivity index (χ3v) is 3.96. The molecule has 0 saturated heterocycles. The third-order valence-electron chi connectivity index (χ3n) is 3.71. The van der Waals surface area contributed by atoms with Gasteiger partial charge in [0.1, 0.15) is 0 Å². The maximum atomic E-state index is 10.7. The molecule has 0 amide bonds. The molecule has 138 valence electrons. The van der Waals surface area contributed by atoms with Crippen LogP contribution in [0.15, 0.2) is 42.5 Å². The molecule has 0 aliphatic rings. The largest absolute Gasteiger partial charge is 0.493 e. The molecule has 0 saturated carbocycles. The second-order valence-corrected chi connectivity index (χ2v) is 6.00. The first-order chi connectivity index (χ1) is 12.5. The van der Waals surface area contributed by atoms with Crippen LogP contribution in [0.5, 0.6) is 11.5 Å². The van der Waals surface area contributed by atoms with Crippen molar-refractivity contribution in [3.05, 3.63) is 53.6 Å². The Hall–Kier alpha value is -2.80. The van der Waals surface area contributed by atoms with E-state index in [1.54, 1.807) is 38.5 Å². The van der Waals surface area contributed by atoms with E-state index in [4.69, 9.17) is 26.8 Å². The molecule has 0 aliphatic heterocycles. The van der Waals surface area contributed by atoms with Gasteiger partial charge in [0.05, 0.1) is 20.6 Å². The van der Waals surface area contributed by atoms with Crippen molar-refractivity contribution in [2.75, 3.05) is 26.1 Å². The minimum absolute atomic E-state index is 0.00823. The van der Waals surface area contributed by atoms with E-state index in [0.717, 1.165) is 23.2 Å². The Labute approximate surface area is 158 Å². The van der Waals surface area contributed by atoms with E-state index in [1.165, 1.54) is 0 Å². The normalized spacial score (nSPS) is 10.1. The van der Waals surface area contributed by atoms with E-state index in [0.29, 0.717) is 23.2 Å². The summed E-state index contributed by atoms with van der Waals surface area (Å²) in [7, 11) is 3.22. The van der Waals surface area contributed by atoms with Gasteiger partial charge in [-0.3, -0.25) is 4.79 Å². The van der Waals surface area contributed by atoms with E-state index in [2.05, 4.69) is 10.6 Å². The fourth-order valence-corrected chi connectivity index (χ4v) is 2.63. The molecule has 26 heavy (non-hydrogen) atoms. The quantitative estimate of drug-likeness (QED) is 0.613. The molecular formula is C19H22N2O4S. The molecule has 0 radical (unpaired) electrons. The zero-order chi connectivity index (χ0) is 18.9. The molecule has 6 nitrogen and oxygen atoms in total. The van der Waals surface area contributed by atoms with E-state index in [1.807, 2.05) is 18.2 Å². The Bertz CT molecular complexity index is 763. The highest BCUT2D eigenvalue weighted by atomic mass is 32.1. The predicted octanol–water partition coefficient (Wildman–Crippen LogP) is 2.86. The zero-order valence-corrected chi connectivity index (χ0v) is 15.6. The summed E-state index contributed by atoms with van der Waals surface area (Å²) >= 11 is 5.28. The number of hydrogen-bond acceptors (Lipinski definition) is 4. The van der Waals surface area contributed by atoms with Crippen LogP contribution in [0, 0.1) is 0 Å². The number of carboxylic acids is 1. The maximum absolute atomic E-state index is 10.7. The van der Waals surface area contributed by atoms with E-state index < -0.39 is 5.97 Å². The number of benzene rings is 2. The fraction of sp³-hybridized carbons (Fsp3) is 0.263. The van der Waals surface area contributed by atoms with Crippen LogP contribution in [0.1, 0.15) is 11.1 Å². The lowest BCUT2D eigenvalue weighted by Crippen LogP contribution is -2.30. The highest BCUT2D eigenvalue weighted by molar-refractivity contribution is 7.80. The molecule has 0 heterocycles. The number of carbonyl (C=O) groups is 1. The number of rotatable bonds is 8. The molecule has 0 atom stereocenters. The van der Waals surface area contributed by atoms with Crippen LogP contribution in [0.4, 0.5) is 5.69 Å². The smallest absolute Gasteiger partial charge is 0.307 e. The molecule has 0 unspecified atom stereocenters. The maximum Gasteiger partial charge on any atom is 0.307 e. The van der Waals surface area contributed by atoms with Gasteiger partial charge in [-0.25, -0.2) is 0 Å². The molecule has 2 aromatic rings. The molecule has 0 fully saturated rings. The van der Waals surface area contributed by atoms with Crippen molar-refractivity contribution in [1.29, 1.82) is 0 Å². The first kappa shape index (κ1) is 19.5. The summed E-state index contributed by atoms with van der Waals surface area (Å²) < 4.78 is 10.5. The summed E-state index contributed by atoms with van der Waals surface area (Å²) in [4.78, 5) is 10.7. The molecule has 7 heteroatoms. The average molecular weight is 374 g/mol. The average Bonchev–Trinajstić information content (AvgIpc) is 2.62. The molecule has 0 spiro atoms. The summed E-state index contributed by atoms with van der Waals surface area (Å²) in [5.41, 5.74) is 2.66. The summed E-state index contributed by atoms with van der Waals surface area (Å²) in [5.74, 6) is 0.554.